The smallest absolute Gasteiger partial charge is 0.339 e. The number of hydrogen-bond acceptors (Lipinski definition) is 4. The van der Waals surface area contributed by atoms with Crippen molar-refractivity contribution < 1.29 is 14.3 Å². The highest BCUT2D eigenvalue weighted by atomic mass is 16.5. The number of fused-ring (bicyclic) bond motifs is 2. The first kappa shape index (κ1) is 18.0. The molecule has 1 aromatic carbocycles. The van der Waals surface area contributed by atoms with Crippen LogP contribution in [0.5, 0.6) is 11.6 Å². The van der Waals surface area contributed by atoms with E-state index in [1.54, 1.807) is 12.1 Å². The van der Waals surface area contributed by atoms with Gasteiger partial charge in [0.25, 0.3) is 0 Å². The maximum atomic E-state index is 11.5. The summed E-state index contributed by atoms with van der Waals surface area (Å²) in [7, 11) is 1.36. The van der Waals surface area contributed by atoms with Gasteiger partial charge in [-0.2, -0.15) is 0 Å². The molecule has 1 aromatic heterocycles. The molecule has 0 N–H and O–H groups in total. The first-order valence-corrected chi connectivity index (χ1v) is 9.94. The van der Waals surface area contributed by atoms with Crippen LogP contribution in [0.2, 0.25) is 0 Å². The Morgan fingerprint density at radius 1 is 1.00 bits per heavy atom. The quantitative estimate of drug-likeness (QED) is 0.670. The van der Waals surface area contributed by atoms with Gasteiger partial charge in [-0.15, -0.1) is 0 Å². The molecule has 2 fully saturated rings. The molecule has 2 aliphatic carbocycles. The van der Waals surface area contributed by atoms with Gasteiger partial charge in [-0.1, -0.05) is 31.9 Å². The monoisotopic (exact) mass is 365 g/mol. The lowest BCUT2D eigenvalue weighted by Gasteiger charge is -2.52. The van der Waals surface area contributed by atoms with E-state index in [2.05, 4.69) is 28.8 Å². The molecule has 0 spiro atoms. The maximum absolute atomic E-state index is 11.5. The minimum Gasteiger partial charge on any atom is -0.465 e. The number of methoxy groups -OCH3 is 1. The molecule has 2 saturated carbocycles. The summed E-state index contributed by atoms with van der Waals surface area (Å²) < 4.78 is 10.5. The third-order valence-electron chi connectivity index (χ3n) is 6.76. The summed E-state index contributed by atoms with van der Waals surface area (Å²) in [6, 6.07) is 11.9. The fourth-order valence-electron chi connectivity index (χ4n) is 5.20. The second kappa shape index (κ2) is 7.34. The summed E-state index contributed by atoms with van der Waals surface area (Å²) in [5.74, 6) is 2.45. The lowest BCUT2D eigenvalue weighted by molar-refractivity contribution is 0.0600. The van der Waals surface area contributed by atoms with E-state index >= 15 is 0 Å². The Kier molecular flexibility index (Phi) is 4.90. The number of carbonyl (C=O) groups is 1. The molecular weight excluding hydrogens is 338 g/mol. The van der Waals surface area contributed by atoms with E-state index in [0.717, 1.165) is 17.6 Å². The molecule has 1 heterocycles. The lowest BCUT2D eigenvalue weighted by Crippen LogP contribution is -2.45. The van der Waals surface area contributed by atoms with Crippen LogP contribution in [0, 0.1) is 11.8 Å². The molecule has 0 saturated heterocycles. The number of pyridine rings is 1. The van der Waals surface area contributed by atoms with Gasteiger partial charge in [0.15, 0.2) is 0 Å². The summed E-state index contributed by atoms with van der Waals surface area (Å²) in [4.78, 5) is 15.7. The normalized spacial score (nSPS) is 27.0. The van der Waals surface area contributed by atoms with Crippen LogP contribution in [0.4, 0.5) is 0 Å². The van der Waals surface area contributed by atoms with Crippen molar-refractivity contribution in [3.8, 4) is 11.6 Å². The van der Waals surface area contributed by atoms with Gasteiger partial charge in [0.2, 0.25) is 5.88 Å². The molecule has 4 heteroatoms. The molecule has 2 aliphatic rings. The van der Waals surface area contributed by atoms with Crippen molar-refractivity contribution >= 4 is 5.97 Å². The molecule has 0 unspecified atom stereocenters. The van der Waals surface area contributed by atoms with Crippen LogP contribution >= 0.6 is 0 Å². The second-order valence-corrected chi connectivity index (χ2v) is 8.04. The molecule has 4 nitrogen and oxygen atoms in total. The molecule has 0 atom stereocenters. The number of nitrogens with zero attached hydrogens (tertiary/aromatic N) is 1. The van der Waals surface area contributed by atoms with Crippen LogP contribution < -0.4 is 4.74 Å². The number of ether oxygens (including phenoxy) is 2. The molecule has 142 valence electrons. The van der Waals surface area contributed by atoms with Crippen molar-refractivity contribution in [2.75, 3.05) is 7.11 Å². The Hall–Kier alpha value is -2.36. The standard InChI is InChI=1S/C23H27NO3/c1-23(17-5-3-6-18(23)8-4-7-17)19-10-12-20(13-11-19)27-21-14-9-16(15-24-21)22(25)26-2/h9-15,17-18H,3-8H2,1-2H3. The number of aromatic nitrogens is 1. The highest BCUT2D eigenvalue weighted by Crippen LogP contribution is 2.54. The molecule has 0 radical (unpaired) electrons. The topological polar surface area (TPSA) is 48.4 Å². The van der Waals surface area contributed by atoms with Crippen molar-refractivity contribution in [3.63, 3.8) is 0 Å². The van der Waals surface area contributed by atoms with Gasteiger partial charge in [0.1, 0.15) is 5.75 Å². The maximum Gasteiger partial charge on any atom is 0.339 e. The van der Waals surface area contributed by atoms with Crippen molar-refractivity contribution in [2.24, 2.45) is 11.8 Å². The van der Waals surface area contributed by atoms with Gasteiger partial charge in [-0.25, -0.2) is 9.78 Å². The van der Waals surface area contributed by atoms with Crippen LogP contribution in [0.25, 0.3) is 0 Å². The third-order valence-corrected chi connectivity index (χ3v) is 6.76. The Morgan fingerprint density at radius 3 is 2.15 bits per heavy atom. The molecule has 4 rings (SSSR count). The van der Waals surface area contributed by atoms with Crippen LogP contribution in [0.3, 0.4) is 0 Å². The van der Waals surface area contributed by atoms with Crippen molar-refractivity contribution in [3.05, 3.63) is 53.7 Å². The third kappa shape index (κ3) is 3.33. The highest BCUT2D eigenvalue weighted by molar-refractivity contribution is 5.88. The highest BCUT2D eigenvalue weighted by Gasteiger charge is 2.46. The Labute approximate surface area is 160 Å². The number of benzene rings is 1. The fourth-order valence-corrected chi connectivity index (χ4v) is 5.20. The van der Waals surface area contributed by atoms with Gasteiger partial charge >= 0.3 is 5.97 Å². The van der Waals surface area contributed by atoms with Crippen LogP contribution in [0.1, 0.15) is 61.4 Å². The second-order valence-electron chi connectivity index (χ2n) is 8.04. The fraction of sp³-hybridized carbons (Fsp3) is 0.478. The SMILES string of the molecule is COC(=O)c1ccc(Oc2ccc(C3(C)C4CCCC3CCC4)cc2)nc1. The first-order valence-electron chi connectivity index (χ1n) is 9.94. The number of hydrogen-bond donors (Lipinski definition) is 0. The van der Waals surface area contributed by atoms with E-state index in [0.29, 0.717) is 16.9 Å². The average molecular weight is 365 g/mol. The minimum absolute atomic E-state index is 0.301. The van der Waals surface area contributed by atoms with Gasteiger partial charge in [-0.05, 0) is 66.7 Å². The summed E-state index contributed by atoms with van der Waals surface area (Å²) in [6.07, 6.45) is 9.70. The molecule has 27 heavy (non-hydrogen) atoms. The van der Waals surface area contributed by atoms with Gasteiger partial charge in [0.05, 0.1) is 12.7 Å². The summed E-state index contributed by atoms with van der Waals surface area (Å²) >= 11 is 0. The average Bonchev–Trinajstić information content (AvgIpc) is 2.68. The largest absolute Gasteiger partial charge is 0.465 e. The first-order chi connectivity index (χ1) is 13.1. The van der Waals surface area contributed by atoms with E-state index < -0.39 is 5.97 Å². The zero-order chi connectivity index (χ0) is 18.9. The molecule has 0 aliphatic heterocycles. The Morgan fingerprint density at radius 2 is 1.63 bits per heavy atom. The van der Waals surface area contributed by atoms with Gasteiger partial charge in [0, 0.05) is 12.3 Å². The lowest BCUT2D eigenvalue weighted by atomic mass is 9.53. The van der Waals surface area contributed by atoms with Crippen LogP contribution in [-0.2, 0) is 10.2 Å². The van der Waals surface area contributed by atoms with Crippen molar-refractivity contribution in [1.82, 2.24) is 4.98 Å². The van der Waals surface area contributed by atoms with Crippen LogP contribution in [-0.4, -0.2) is 18.1 Å². The number of esters is 1. The van der Waals surface area contributed by atoms with Crippen LogP contribution in [0.15, 0.2) is 42.6 Å². The molecular formula is C23H27NO3. The number of carbonyl (C=O) groups excluding carboxylic acids is 1. The zero-order valence-corrected chi connectivity index (χ0v) is 16.1. The number of rotatable bonds is 4. The van der Waals surface area contributed by atoms with E-state index in [4.69, 9.17) is 4.74 Å². The predicted molar refractivity (Wildman–Crippen MR) is 104 cm³/mol. The van der Waals surface area contributed by atoms with E-state index in [9.17, 15) is 4.79 Å². The van der Waals surface area contributed by atoms with E-state index in [1.807, 2.05) is 12.1 Å². The predicted octanol–water partition coefficient (Wildman–Crippen LogP) is 5.52. The Bertz CT molecular complexity index is 775. The summed E-state index contributed by atoms with van der Waals surface area (Å²) in [5.41, 5.74) is 2.16. The molecule has 0 amide bonds. The molecule has 2 bridgehead atoms. The summed E-state index contributed by atoms with van der Waals surface area (Å²) in [5, 5.41) is 0. The van der Waals surface area contributed by atoms with Gasteiger partial charge in [-0.3, -0.25) is 0 Å². The van der Waals surface area contributed by atoms with Crippen molar-refractivity contribution in [2.45, 2.75) is 50.9 Å². The summed E-state index contributed by atoms with van der Waals surface area (Å²) in [6.45, 7) is 2.48. The Balaban J connectivity index is 1.50. The van der Waals surface area contributed by atoms with Gasteiger partial charge < -0.3 is 9.47 Å². The minimum atomic E-state index is -0.398. The zero-order valence-electron chi connectivity index (χ0n) is 16.1. The van der Waals surface area contributed by atoms with Crippen molar-refractivity contribution in [1.29, 1.82) is 0 Å². The van der Waals surface area contributed by atoms with E-state index in [1.165, 1.54) is 57.4 Å². The molecule has 2 aromatic rings. The van der Waals surface area contributed by atoms with E-state index in [-0.39, 0.29) is 0 Å².